The summed E-state index contributed by atoms with van der Waals surface area (Å²) in [5.41, 5.74) is 7.31. The van der Waals surface area contributed by atoms with Crippen molar-refractivity contribution in [3.8, 4) is 17.2 Å². The number of benzene rings is 5. The molecular weight excluding hydrogens is 740 g/mol. The molecule has 6 aromatic rings. The highest BCUT2D eigenvalue weighted by Crippen LogP contribution is 2.65. The van der Waals surface area contributed by atoms with E-state index in [-0.39, 0.29) is 30.4 Å². The number of nitrogens with zero attached hydrogens (tertiary/aromatic N) is 3. The molecule has 282 valence electrons. The van der Waals surface area contributed by atoms with Gasteiger partial charge in [-0.3, -0.25) is 29.5 Å². The van der Waals surface area contributed by atoms with Gasteiger partial charge in [0.1, 0.15) is 11.3 Å². The number of anilines is 2. The molecule has 57 heavy (non-hydrogen) atoms. The zero-order valence-corrected chi connectivity index (χ0v) is 31.4. The van der Waals surface area contributed by atoms with Crippen molar-refractivity contribution in [3.63, 3.8) is 0 Å². The third-order valence-electron chi connectivity index (χ3n) is 12.4. The molecule has 0 bridgehead atoms. The van der Waals surface area contributed by atoms with Crippen LogP contribution in [0, 0.1) is 30.6 Å². The predicted molar refractivity (Wildman–Crippen MR) is 214 cm³/mol. The molecule has 1 aromatic heterocycles. The SMILES string of the molecule is Cc1ccc(NN2C(=O)C3CC4C(=CCC5C(=O)N(c6ccc(-c7nc8ccccc8o7)cc6)C(=O)C54)C(c4cc(Cl)ccc4O)C3(c3ccccc3)C2=O)cc1. The lowest BCUT2D eigenvalue weighted by atomic mass is 9.49. The van der Waals surface area contributed by atoms with Crippen LogP contribution < -0.4 is 10.3 Å². The number of carbonyl (C=O) groups excluding carboxylic acids is 4. The van der Waals surface area contributed by atoms with Gasteiger partial charge < -0.3 is 9.52 Å². The number of carbonyl (C=O) groups is 4. The first-order valence-corrected chi connectivity index (χ1v) is 19.3. The minimum Gasteiger partial charge on any atom is -0.508 e. The highest BCUT2D eigenvalue weighted by atomic mass is 35.5. The van der Waals surface area contributed by atoms with Crippen molar-refractivity contribution in [2.75, 3.05) is 10.3 Å². The minimum atomic E-state index is -1.53. The molecule has 4 aliphatic rings. The van der Waals surface area contributed by atoms with Gasteiger partial charge in [-0.05, 0) is 98.0 Å². The standard InChI is InChI=1S/C46H35ClN4O6/c1-25-11-16-29(17-12-25)49-51-43(54)35-24-33-31(40(34-23-28(47)15-22-37(34)52)46(35,45(51)56)27-7-3-2-4-8-27)20-21-32-39(33)44(55)50(42(32)53)30-18-13-26(14-19-30)41-48-36-9-5-6-10-38(36)57-41/h2-20,22-23,32-33,35,39-40,49,52H,21,24H2,1H3. The normalized spacial score (nSPS) is 25.4. The van der Waals surface area contributed by atoms with E-state index in [2.05, 4.69) is 10.4 Å². The molecule has 4 amide bonds. The molecule has 6 atom stereocenters. The lowest BCUT2D eigenvalue weighted by Crippen LogP contribution is -2.53. The number of para-hydroxylation sites is 2. The van der Waals surface area contributed by atoms with Gasteiger partial charge >= 0.3 is 0 Å². The van der Waals surface area contributed by atoms with Gasteiger partial charge in [-0.1, -0.05) is 83.4 Å². The number of fused-ring (bicyclic) bond motifs is 5. The fourth-order valence-electron chi connectivity index (χ4n) is 9.85. The van der Waals surface area contributed by atoms with Crippen molar-refractivity contribution in [1.82, 2.24) is 9.99 Å². The fraction of sp³-hybridized carbons (Fsp3) is 0.196. The van der Waals surface area contributed by atoms with Gasteiger partial charge in [0.05, 0.1) is 34.5 Å². The van der Waals surface area contributed by atoms with E-state index in [4.69, 9.17) is 16.0 Å². The summed E-state index contributed by atoms with van der Waals surface area (Å²) in [7, 11) is 0. The Bertz CT molecular complexity index is 2640. The molecule has 5 aromatic carbocycles. The number of allylic oxidation sites excluding steroid dienone is 2. The molecule has 2 aliphatic carbocycles. The molecule has 10 nitrogen and oxygen atoms in total. The van der Waals surface area contributed by atoms with E-state index in [1.54, 1.807) is 48.5 Å². The number of oxazole rings is 1. The summed E-state index contributed by atoms with van der Waals surface area (Å²) in [4.78, 5) is 65.1. The second kappa shape index (κ2) is 13.0. The van der Waals surface area contributed by atoms with Gasteiger partial charge in [-0.15, -0.1) is 0 Å². The van der Waals surface area contributed by atoms with Gasteiger partial charge in [0.2, 0.25) is 17.7 Å². The summed E-state index contributed by atoms with van der Waals surface area (Å²) in [5.74, 6) is -5.29. The number of aromatic hydroxyl groups is 1. The van der Waals surface area contributed by atoms with Crippen LogP contribution in [0.15, 0.2) is 137 Å². The van der Waals surface area contributed by atoms with E-state index >= 15 is 4.79 Å². The molecule has 2 saturated heterocycles. The highest BCUT2D eigenvalue weighted by molar-refractivity contribution is 6.30. The number of hydrogen-bond acceptors (Lipinski definition) is 8. The summed E-state index contributed by atoms with van der Waals surface area (Å²) in [6.07, 6.45) is 2.32. The Balaban J connectivity index is 1.08. The smallest absolute Gasteiger partial charge is 0.260 e. The summed E-state index contributed by atoms with van der Waals surface area (Å²) >= 11 is 6.63. The molecule has 6 unspecified atom stereocenters. The number of imide groups is 2. The molecule has 2 aliphatic heterocycles. The number of amides is 4. The van der Waals surface area contributed by atoms with E-state index < -0.39 is 46.8 Å². The van der Waals surface area contributed by atoms with Crippen LogP contribution in [-0.4, -0.2) is 38.7 Å². The third kappa shape index (κ3) is 5.20. The number of phenols is 1. The summed E-state index contributed by atoms with van der Waals surface area (Å²) < 4.78 is 5.95. The average molecular weight is 775 g/mol. The van der Waals surface area contributed by atoms with E-state index in [0.29, 0.717) is 44.6 Å². The number of halogens is 1. The van der Waals surface area contributed by atoms with Crippen LogP contribution >= 0.6 is 11.6 Å². The molecule has 10 rings (SSSR count). The molecule has 2 N–H and O–H groups in total. The third-order valence-corrected chi connectivity index (χ3v) is 12.6. The van der Waals surface area contributed by atoms with Crippen LogP contribution in [0.1, 0.15) is 35.4 Å². The minimum absolute atomic E-state index is 0.0955. The van der Waals surface area contributed by atoms with Crippen LogP contribution in [0.2, 0.25) is 5.02 Å². The van der Waals surface area contributed by atoms with Crippen molar-refractivity contribution in [2.24, 2.45) is 23.7 Å². The summed E-state index contributed by atoms with van der Waals surface area (Å²) in [6, 6.07) is 35.7. The maximum atomic E-state index is 15.3. The van der Waals surface area contributed by atoms with E-state index in [0.717, 1.165) is 21.7 Å². The Kier molecular flexibility index (Phi) is 7.98. The predicted octanol–water partition coefficient (Wildman–Crippen LogP) is 8.35. The lowest BCUT2D eigenvalue weighted by Gasteiger charge is -2.50. The molecule has 3 fully saturated rings. The monoisotopic (exact) mass is 774 g/mol. The lowest BCUT2D eigenvalue weighted by molar-refractivity contribution is -0.138. The van der Waals surface area contributed by atoms with Crippen LogP contribution in [0.4, 0.5) is 11.4 Å². The first-order chi connectivity index (χ1) is 27.6. The van der Waals surface area contributed by atoms with Crippen LogP contribution in [-0.2, 0) is 24.6 Å². The number of hydrogen-bond donors (Lipinski definition) is 2. The molecule has 0 spiro atoms. The fourth-order valence-corrected chi connectivity index (χ4v) is 10.0. The second-order valence-corrected chi connectivity index (χ2v) is 15.8. The largest absolute Gasteiger partial charge is 0.508 e. The van der Waals surface area contributed by atoms with E-state index in [9.17, 15) is 19.5 Å². The Hall–Kier alpha value is -6.52. The van der Waals surface area contributed by atoms with E-state index in [1.165, 1.54) is 11.0 Å². The topological polar surface area (TPSA) is 133 Å². The average Bonchev–Trinajstić information content (AvgIpc) is 3.84. The molecule has 0 radical (unpaired) electrons. The highest BCUT2D eigenvalue weighted by Gasteiger charge is 2.70. The first-order valence-electron chi connectivity index (χ1n) is 18.9. The number of nitrogens with one attached hydrogen (secondary N) is 1. The second-order valence-electron chi connectivity index (χ2n) is 15.3. The zero-order valence-electron chi connectivity index (χ0n) is 30.6. The number of aryl methyl sites for hydroxylation is 1. The Labute approximate surface area is 332 Å². The zero-order chi connectivity index (χ0) is 39.2. The first kappa shape index (κ1) is 34.9. The maximum Gasteiger partial charge on any atom is 0.260 e. The Morgan fingerprint density at radius 2 is 1.56 bits per heavy atom. The Morgan fingerprint density at radius 1 is 0.825 bits per heavy atom. The number of phenolic OH excluding ortho intramolecular Hbond substituents is 1. The molecular formula is C46H35ClN4O6. The molecule has 3 heterocycles. The maximum absolute atomic E-state index is 15.3. The van der Waals surface area contributed by atoms with Crippen molar-refractivity contribution in [2.45, 2.75) is 31.1 Å². The van der Waals surface area contributed by atoms with Gasteiger partial charge in [0, 0.05) is 22.1 Å². The quantitative estimate of drug-likeness (QED) is 0.128. The van der Waals surface area contributed by atoms with Gasteiger partial charge in [-0.25, -0.2) is 4.98 Å². The van der Waals surface area contributed by atoms with Crippen molar-refractivity contribution < 1.29 is 28.7 Å². The van der Waals surface area contributed by atoms with Crippen molar-refractivity contribution in [1.29, 1.82) is 0 Å². The van der Waals surface area contributed by atoms with Crippen LogP contribution in [0.5, 0.6) is 5.75 Å². The van der Waals surface area contributed by atoms with Crippen LogP contribution in [0.3, 0.4) is 0 Å². The van der Waals surface area contributed by atoms with Gasteiger partial charge in [-0.2, -0.15) is 5.01 Å². The van der Waals surface area contributed by atoms with Gasteiger partial charge in [0.15, 0.2) is 5.58 Å². The number of rotatable bonds is 6. The summed E-state index contributed by atoms with van der Waals surface area (Å²) in [6.45, 7) is 1.95. The van der Waals surface area contributed by atoms with Crippen molar-refractivity contribution in [3.05, 3.63) is 155 Å². The number of hydrazine groups is 1. The van der Waals surface area contributed by atoms with Crippen LogP contribution in [0.25, 0.3) is 22.6 Å². The van der Waals surface area contributed by atoms with Crippen molar-refractivity contribution >= 4 is 57.7 Å². The van der Waals surface area contributed by atoms with Gasteiger partial charge in [0.25, 0.3) is 11.8 Å². The Morgan fingerprint density at radius 3 is 2.32 bits per heavy atom. The molecule has 1 saturated carbocycles. The summed E-state index contributed by atoms with van der Waals surface area (Å²) in [5, 5.41) is 13.0. The molecule has 11 heteroatoms. The van der Waals surface area contributed by atoms with E-state index in [1.807, 2.05) is 79.7 Å². The number of aromatic nitrogens is 1.